The second kappa shape index (κ2) is 8.58. The van der Waals surface area contributed by atoms with Gasteiger partial charge in [0.05, 0.1) is 7.11 Å². The number of rotatable bonds is 3. The fraction of sp³-hybridized carbons (Fsp3) is 0.750. The van der Waals surface area contributed by atoms with Gasteiger partial charge in [-0.2, -0.15) is 4.58 Å². The second-order valence-electron chi connectivity index (χ2n) is 3.06. The Labute approximate surface area is 91.4 Å². The van der Waals surface area contributed by atoms with Gasteiger partial charge >= 0.3 is 0 Å². The smallest absolute Gasteiger partial charge is 0.217 e. The zero-order valence-electron chi connectivity index (χ0n) is 9.72. The average molecular weight is 238 g/mol. The van der Waals surface area contributed by atoms with Gasteiger partial charge in [-0.05, 0) is 14.1 Å². The fourth-order valence-corrected chi connectivity index (χ4v) is 0.406. The van der Waals surface area contributed by atoms with E-state index in [0.717, 1.165) is 13.7 Å². The highest BCUT2D eigenvalue weighted by atomic mass is 32.3. The molecule has 0 spiro atoms. The zero-order chi connectivity index (χ0) is 12.5. The molecule has 90 valence electrons. The number of likely N-dealkylation sites (N-methyl/N-ethyl adjacent to an activating group) is 1. The van der Waals surface area contributed by atoms with E-state index < -0.39 is 10.4 Å². The Morgan fingerprint density at radius 1 is 1.47 bits per heavy atom. The summed E-state index contributed by atoms with van der Waals surface area (Å²) in [7, 11) is 4.40. The molecule has 0 radical (unpaired) electrons. The first-order chi connectivity index (χ1) is 6.69. The maximum Gasteiger partial charge on any atom is 0.217 e. The van der Waals surface area contributed by atoms with Crippen molar-refractivity contribution >= 4 is 16.3 Å². The molecule has 0 amide bonds. The first kappa shape index (κ1) is 16.7. The van der Waals surface area contributed by atoms with Crippen LogP contribution in [0.25, 0.3) is 0 Å². The molecule has 15 heavy (non-hydrogen) atoms. The summed E-state index contributed by atoms with van der Waals surface area (Å²) in [6.45, 7) is 0.957. The molecular formula is C8H18N2O4S. The van der Waals surface area contributed by atoms with Crippen molar-refractivity contribution in [2.45, 2.75) is 0 Å². The van der Waals surface area contributed by atoms with E-state index in [4.69, 9.17) is 0 Å². The maximum absolute atomic E-state index is 9.22. The van der Waals surface area contributed by atoms with Crippen LogP contribution >= 0.6 is 0 Å². The van der Waals surface area contributed by atoms with Crippen molar-refractivity contribution in [3.63, 3.8) is 0 Å². The standard InChI is InChI=1S/C7H15N2.CH4O4S/c1-8(2)6-5-7-9(3)4;1-5-6(2,3)4/h5H,6H2,1-4H3;1H3,(H,2,3,4)/q+1;/p-1. The van der Waals surface area contributed by atoms with Crippen LogP contribution in [0.4, 0.5) is 0 Å². The Hall–Kier alpha value is -0.720. The summed E-state index contributed by atoms with van der Waals surface area (Å²) in [5.41, 5.74) is 0. The molecule has 0 aliphatic rings. The molecule has 0 rings (SSSR count). The third kappa shape index (κ3) is 24.6. The molecule has 0 aromatic heterocycles. The predicted octanol–water partition coefficient (Wildman–Crippen LogP) is -0.861. The summed E-state index contributed by atoms with van der Waals surface area (Å²) in [4.78, 5) is 2.09. The van der Waals surface area contributed by atoms with Crippen LogP contribution in [0.5, 0.6) is 0 Å². The molecular weight excluding hydrogens is 220 g/mol. The Morgan fingerprint density at radius 3 is 2.07 bits per heavy atom. The fourth-order valence-electron chi connectivity index (χ4n) is 0.406. The molecule has 0 bridgehead atoms. The van der Waals surface area contributed by atoms with Crippen LogP contribution in [0.15, 0.2) is 6.08 Å². The van der Waals surface area contributed by atoms with E-state index in [1.54, 1.807) is 0 Å². The van der Waals surface area contributed by atoms with Gasteiger partial charge in [0.2, 0.25) is 10.4 Å². The third-order valence-electron chi connectivity index (χ3n) is 1.01. The Balaban J connectivity index is 0. The highest BCUT2D eigenvalue weighted by molar-refractivity contribution is 7.80. The largest absolute Gasteiger partial charge is 0.726 e. The van der Waals surface area contributed by atoms with E-state index in [-0.39, 0.29) is 0 Å². The minimum atomic E-state index is -4.41. The van der Waals surface area contributed by atoms with Gasteiger partial charge < -0.3 is 9.45 Å². The van der Waals surface area contributed by atoms with Crippen LogP contribution in [0.3, 0.4) is 0 Å². The molecule has 0 aromatic rings. The summed E-state index contributed by atoms with van der Waals surface area (Å²) in [6.07, 6.45) is 2.00. The highest BCUT2D eigenvalue weighted by Crippen LogP contribution is 1.74. The normalized spacial score (nSPS) is 10.1. The lowest BCUT2D eigenvalue weighted by atomic mass is 10.6. The van der Waals surface area contributed by atoms with E-state index in [1.165, 1.54) is 0 Å². The summed E-state index contributed by atoms with van der Waals surface area (Å²) in [5, 5.41) is 0. The van der Waals surface area contributed by atoms with Crippen molar-refractivity contribution < 1.29 is 21.7 Å². The summed E-state index contributed by atoms with van der Waals surface area (Å²) in [6, 6.07) is 0. The SMILES string of the molecule is CN(C)CC=C=[N+](C)C.COS(=O)(=O)[O-]. The maximum atomic E-state index is 9.22. The molecule has 0 aromatic carbocycles. The molecule has 0 saturated carbocycles. The van der Waals surface area contributed by atoms with Gasteiger partial charge in [-0.25, -0.2) is 8.42 Å². The minimum Gasteiger partial charge on any atom is -0.726 e. The molecule has 0 aliphatic heterocycles. The van der Waals surface area contributed by atoms with Gasteiger partial charge in [-0.1, -0.05) is 0 Å². The predicted molar refractivity (Wildman–Crippen MR) is 56.9 cm³/mol. The zero-order valence-corrected chi connectivity index (χ0v) is 10.5. The van der Waals surface area contributed by atoms with E-state index in [0.29, 0.717) is 0 Å². The van der Waals surface area contributed by atoms with Crippen LogP contribution in [0.1, 0.15) is 0 Å². The van der Waals surface area contributed by atoms with Gasteiger partial charge in [0.15, 0.2) is 5.87 Å². The number of hydrogen-bond donors (Lipinski definition) is 0. The van der Waals surface area contributed by atoms with E-state index in [2.05, 4.69) is 15.0 Å². The first-order valence-corrected chi connectivity index (χ1v) is 5.43. The van der Waals surface area contributed by atoms with Crippen LogP contribution < -0.4 is 0 Å². The lowest BCUT2D eigenvalue weighted by molar-refractivity contribution is -0.456. The van der Waals surface area contributed by atoms with Crippen LogP contribution in [-0.4, -0.2) is 70.2 Å². The molecule has 6 nitrogen and oxygen atoms in total. The van der Waals surface area contributed by atoms with E-state index >= 15 is 0 Å². The van der Waals surface area contributed by atoms with Crippen LogP contribution in [0, 0.1) is 0 Å². The van der Waals surface area contributed by atoms with Crippen molar-refractivity contribution in [1.82, 2.24) is 4.90 Å². The Bertz CT molecular complexity index is 312. The molecule has 7 heteroatoms. The topological polar surface area (TPSA) is 72.7 Å². The van der Waals surface area contributed by atoms with Gasteiger partial charge in [-0.3, -0.25) is 4.18 Å². The molecule has 0 unspecified atom stereocenters. The summed E-state index contributed by atoms with van der Waals surface area (Å²) < 4.78 is 32.9. The Kier molecular flexibility index (Phi) is 9.55. The average Bonchev–Trinajstić information content (AvgIpc) is 2.02. The summed E-state index contributed by atoms with van der Waals surface area (Å²) >= 11 is 0. The molecule has 0 heterocycles. The van der Waals surface area contributed by atoms with E-state index in [1.807, 2.05) is 38.8 Å². The van der Waals surface area contributed by atoms with E-state index in [9.17, 15) is 13.0 Å². The van der Waals surface area contributed by atoms with Crippen LogP contribution in [0.2, 0.25) is 0 Å². The quantitative estimate of drug-likeness (QED) is 0.277. The van der Waals surface area contributed by atoms with Gasteiger partial charge in [0, 0.05) is 12.6 Å². The first-order valence-electron chi connectivity index (χ1n) is 4.10. The van der Waals surface area contributed by atoms with Crippen LogP contribution in [-0.2, 0) is 14.6 Å². The Morgan fingerprint density at radius 2 is 1.87 bits per heavy atom. The van der Waals surface area contributed by atoms with Gasteiger partial charge in [0.25, 0.3) is 0 Å². The number of nitrogens with zero attached hydrogens (tertiary/aromatic N) is 2. The van der Waals surface area contributed by atoms with Crippen molar-refractivity contribution in [3.8, 4) is 0 Å². The lowest BCUT2D eigenvalue weighted by Gasteiger charge is -2.00. The van der Waals surface area contributed by atoms with Gasteiger partial charge in [-0.15, -0.1) is 0 Å². The minimum absolute atomic E-state index is 0.808. The van der Waals surface area contributed by atoms with Crippen molar-refractivity contribution in [3.05, 3.63) is 6.08 Å². The van der Waals surface area contributed by atoms with Crippen molar-refractivity contribution in [1.29, 1.82) is 0 Å². The van der Waals surface area contributed by atoms with Crippen molar-refractivity contribution in [2.75, 3.05) is 41.8 Å². The third-order valence-corrected chi connectivity index (χ3v) is 1.42. The highest BCUT2D eigenvalue weighted by Gasteiger charge is 1.81. The monoisotopic (exact) mass is 238 g/mol. The number of hydrogen-bond acceptors (Lipinski definition) is 5. The second-order valence-corrected chi connectivity index (χ2v) is 4.21. The molecule has 0 fully saturated rings. The lowest BCUT2D eigenvalue weighted by Crippen LogP contribution is -2.11. The molecule has 0 saturated heterocycles. The van der Waals surface area contributed by atoms with Gasteiger partial charge in [0.1, 0.15) is 14.1 Å². The van der Waals surface area contributed by atoms with Crippen molar-refractivity contribution in [2.24, 2.45) is 0 Å². The molecule has 0 atom stereocenters. The molecule has 0 aliphatic carbocycles. The summed E-state index contributed by atoms with van der Waals surface area (Å²) in [5.74, 6) is 3.04. The molecule has 0 N–H and O–H groups in total.